The van der Waals surface area contributed by atoms with Crippen LogP contribution in [0.25, 0.3) is 0 Å². The van der Waals surface area contributed by atoms with E-state index in [0.29, 0.717) is 13.2 Å². The smallest absolute Gasteiger partial charge is 0.319 e. The number of ether oxygens (including phenoxy) is 1. The van der Waals surface area contributed by atoms with Crippen LogP contribution in [0.4, 0.5) is 4.79 Å². The Morgan fingerprint density at radius 3 is 2.33 bits per heavy atom. The number of carbonyl (C=O) groups excluding carboxylic acids is 1. The normalized spacial score (nSPS) is 9.67. The minimum Gasteiger partial charge on any atom is -0.383 e. The molecule has 4 nitrogen and oxygen atoms in total. The molecule has 0 aromatic rings. The maximum atomic E-state index is 11.4. The third-order valence-electron chi connectivity index (χ3n) is 1.60. The van der Waals surface area contributed by atoms with Crippen molar-refractivity contribution in [3.63, 3.8) is 0 Å². The number of hydrogen-bond donors (Lipinski definition) is 0. The van der Waals surface area contributed by atoms with Crippen molar-refractivity contribution >= 4 is 6.03 Å². The predicted octanol–water partition coefficient (Wildman–Crippen LogP) is 0.636. The van der Waals surface area contributed by atoms with Crippen LogP contribution in [0.5, 0.6) is 0 Å². The molecule has 0 unspecified atom stereocenters. The zero-order valence-electron chi connectivity index (χ0n) is 8.33. The minimum atomic E-state index is 0.0366. The highest BCUT2D eigenvalue weighted by Gasteiger charge is 2.11. The maximum absolute atomic E-state index is 11.4. The van der Waals surface area contributed by atoms with E-state index in [1.165, 1.54) is 0 Å². The first-order valence-electron chi connectivity index (χ1n) is 4.08. The molecule has 0 heterocycles. The molecule has 0 saturated heterocycles. The van der Waals surface area contributed by atoms with Gasteiger partial charge in [-0.25, -0.2) is 4.79 Å². The van der Waals surface area contributed by atoms with Crippen molar-refractivity contribution in [3.8, 4) is 0 Å². The molecule has 0 N–H and O–H groups in total. The van der Waals surface area contributed by atoms with Gasteiger partial charge in [-0.3, -0.25) is 0 Å². The quantitative estimate of drug-likeness (QED) is 0.626. The molecule has 0 saturated carbocycles. The SMILES string of the molecule is CCN(CCOC)C(=O)N(C)C. The van der Waals surface area contributed by atoms with Gasteiger partial charge >= 0.3 is 6.03 Å². The van der Waals surface area contributed by atoms with E-state index in [4.69, 9.17) is 4.74 Å². The van der Waals surface area contributed by atoms with E-state index in [0.717, 1.165) is 6.54 Å². The number of carbonyl (C=O) groups is 1. The predicted molar refractivity (Wildman–Crippen MR) is 48.2 cm³/mol. The van der Waals surface area contributed by atoms with Crippen molar-refractivity contribution in [2.45, 2.75) is 6.92 Å². The van der Waals surface area contributed by atoms with Crippen molar-refractivity contribution in [2.24, 2.45) is 0 Å². The first-order chi connectivity index (χ1) is 5.63. The number of likely N-dealkylation sites (N-methyl/N-ethyl adjacent to an activating group) is 1. The molecule has 0 aromatic carbocycles. The molecule has 0 aliphatic rings. The number of methoxy groups -OCH3 is 1. The molecular formula is C8H18N2O2. The molecule has 72 valence electrons. The van der Waals surface area contributed by atoms with Crippen LogP contribution in [0.3, 0.4) is 0 Å². The van der Waals surface area contributed by atoms with Crippen LogP contribution in [0.2, 0.25) is 0 Å². The molecule has 0 atom stereocenters. The first kappa shape index (κ1) is 11.2. The number of nitrogens with zero attached hydrogens (tertiary/aromatic N) is 2. The highest BCUT2D eigenvalue weighted by atomic mass is 16.5. The van der Waals surface area contributed by atoms with E-state index < -0.39 is 0 Å². The summed E-state index contributed by atoms with van der Waals surface area (Å²) in [6, 6.07) is 0.0366. The highest BCUT2D eigenvalue weighted by Crippen LogP contribution is 1.93. The van der Waals surface area contributed by atoms with Crippen LogP contribution in [0.15, 0.2) is 0 Å². The van der Waals surface area contributed by atoms with Crippen molar-refractivity contribution in [1.29, 1.82) is 0 Å². The fourth-order valence-electron chi connectivity index (χ4n) is 0.873. The van der Waals surface area contributed by atoms with Crippen molar-refractivity contribution in [2.75, 3.05) is 40.9 Å². The molecule has 0 aliphatic carbocycles. The number of amides is 2. The number of hydrogen-bond acceptors (Lipinski definition) is 2. The van der Waals surface area contributed by atoms with Gasteiger partial charge in [0.1, 0.15) is 0 Å². The molecule has 0 aromatic heterocycles. The first-order valence-corrected chi connectivity index (χ1v) is 4.08. The zero-order valence-corrected chi connectivity index (χ0v) is 8.33. The third kappa shape index (κ3) is 3.57. The molecular weight excluding hydrogens is 156 g/mol. The molecule has 2 amide bonds. The fraction of sp³-hybridized carbons (Fsp3) is 0.875. The molecule has 0 radical (unpaired) electrons. The molecule has 12 heavy (non-hydrogen) atoms. The second-order valence-corrected chi connectivity index (χ2v) is 2.75. The summed E-state index contributed by atoms with van der Waals surface area (Å²) in [6.45, 7) is 3.93. The summed E-state index contributed by atoms with van der Waals surface area (Å²) >= 11 is 0. The summed E-state index contributed by atoms with van der Waals surface area (Å²) < 4.78 is 4.89. The summed E-state index contributed by atoms with van der Waals surface area (Å²) in [5.41, 5.74) is 0. The molecule has 0 fully saturated rings. The van der Waals surface area contributed by atoms with Gasteiger partial charge in [-0.05, 0) is 6.92 Å². The lowest BCUT2D eigenvalue weighted by atomic mass is 10.5. The summed E-state index contributed by atoms with van der Waals surface area (Å²) in [5.74, 6) is 0. The molecule has 0 bridgehead atoms. The standard InChI is InChI=1S/C8H18N2O2/c1-5-10(6-7-12-4)8(11)9(2)3/h5-7H2,1-4H3. The molecule has 0 spiro atoms. The topological polar surface area (TPSA) is 32.8 Å². The fourth-order valence-corrected chi connectivity index (χ4v) is 0.873. The Balaban J connectivity index is 3.88. The lowest BCUT2D eigenvalue weighted by molar-refractivity contribution is 0.138. The molecule has 4 heteroatoms. The van der Waals surface area contributed by atoms with Gasteiger partial charge in [-0.2, -0.15) is 0 Å². The average molecular weight is 174 g/mol. The monoisotopic (exact) mass is 174 g/mol. The van der Waals surface area contributed by atoms with Crippen LogP contribution < -0.4 is 0 Å². The van der Waals surface area contributed by atoms with Gasteiger partial charge in [0, 0.05) is 34.3 Å². The van der Waals surface area contributed by atoms with Crippen LogP contribution in [0, 0.1) is 0 Å². The van der Waals surface area contributed by atoms with E-state index in [1.54, 1.807) is 31.0 Å². The summed E-state index contributed by atoms with van der Waals surface area (Å²) in [5, 5.41) is 0. The summed E-state index contributed by atoms with van der Waals surface area (Å²) in [4.78, 5) is 14.7. The minimum absolute atomic E-state index is 0.0366. The maximum Gasteiger partial charge on any atom is 0.319 e. The van der Waals surface area contributed by atoms with Crippen molar-refractivity contribution in [1.82, 2.24) is 9.80 Å². The van der Waals surface area contributed by atoms with Crippen molar-refractivity contribution in [3.05, 3.63) is 0 Å². The van der Waals surface area contributed by atoms with Crippen LogP contribution in [-0.4, -0.2) is 56.7 Å². The lowest BCUT2D eigenvalue weighted by Crippen LogP contribution is -2.40. The Hall–Kier alpha value is -0.770. The second-order valence-electron chi connectivity index (χ2n) is 2.75. The Labute approximate surface area is 74.1 Å². The number of urea groups is 1. The summed E-state index contributed by atoms with van der Waals surface area (Å²) in [6.07, 6.45) is 0. The van der Waals surface area contributed by atoms with Gasteiger partial charge in [0.05, 0.1) is 6.61 Å². The number of rotatable bonds is 4. The Bertz CT molecular complexity index is 137. The zero-order chi connectivity index (χ0) is 9.56. The molecule has 0 rings (SSSR count). The van der Waals surface area contributed by atoms with E-state index in [2.05, 4.69) is 0 Å². The van der Waals surface area contributed by atoms with Gasteiger partial charge in [-0.1, -0.05) is 0 Å². The summed E-state index contributed by atoms with van der Waals surface area (Å²) in [7, 11) is 5.13. The van der Waals surface area contributed by atoms with Crippen LogP contribution >= 0.6 is 0 Å². The van der Waals surface area contributed by atoms with Gasteiger partial charge < -0.3 is 14.5 Å². The van der Waals surface area contributed by atoms with Gasteiger partial charge in [0.25, 0.3) is 0 Å². The third-order valence-corrected chi connectivity index (χ3v) is 1.60. The Kier molecular flexibility index (Phi) is 5.45. The lowest BCUT2D eigenvalue weighted by Gasteiger charge is -2.24. The van der Waals surface area contributed by atoms with Gasteiger partial charge in [0.2, 0.25) is 0 Å². The largest absolute Gasteiger partial charge is 0.383 e. The van der Waals surface area contributed by atoms with Crippen LogP contribution in [0.1, 0.15) is 6.92 Å². The van der Waals surface area contributed by atoms with Gasteiger partial charge in [-0.15, -0.1) is 0 Å². The molecule has 0 aliphatic heterocycles. The Morgan fingerprint density at radius 1 is 1.42 bits per heavy atom. The van der Waals surface area contributed by atoms with E-state index in [1.807, 2.05) is 6.92 Å². The van der Waals surface area contributed by atoms with Crippen molar-refractivity contribution < 1.29 is 9.53 Å². The van der Waals surface area contributed by atoms with Gasteiger partial charge in [0.15, 0.2) is 0 Å². The highest BCUT2D eigenvalue weighted by molar-refractivity contribution is 5.73. The Morgan fingerprint density at radius 2 is 2.00 bits per heavy atom. The second kappa shape index (κ2) is 5.83. The van der Waals surface area contributed by atoms with Crippen LogP contribution in [-0.2, 0) is 4.74 Å². The van der Waals surface area contributed by atoms with E-state index in [-0.39, 0.29) is 6.03 Å². The average Bonchev–Trinajstić information content (AvgIpc) is 2.05. The van der Waals surface area contributed by atoms with E-state index in [9.17, 15) is 4.79 Å². The van der Waals surface area contributed by atoms with E-state index >= 15 is 0 Å².